The number of nitrogens with zero attached hydrogens (tertiary/aromatic N) is 1. The van der Waals surface area contributed by atoms with Crippen LogP contribution in [0.3, 0.4) is 0 Å². The fourth-order valence-corrected chi connectivity index (χ4v) is 1.90. The SMILES string of the molecule is CNC(=O)CCCN(CC(N)=O)Cc1ccc(N)cc1. The first-order valence-electron chi connectivity index (χ1n) is 6.57. The van der Waals surface area contributed by atoms with Gasteiger partial charge < -0.3 is 16.8 Å². The third-order valence-corrected chi connectivity index (χ3v) is 2.92. The Hall–Kier alpha value is -2.08. The van der Waals surface area contributed by atoms with Crippen LogP contribution in [0.2, 0.25) is 0 Å². The topological polar surface area (TPSA) is 101 Å². The Labute approximate surface area is 119 Å². The average molecular weight is 278 g/mol. The number of benzene rings is 1. The Morgan fingerprint density at radius 1 is 1.25 bits per heavy atom. The average Bonchev–Trinajstić information content (AvgIpc) is 2.40. The molecule has 0 aliphatic carbocycles. The summed E-state index contributed by atoms with van der Waals surface area (Å²) in [6, 6.07) is 7.48. The van der Waals surface area contributed by atoms with Gasteiger partial charge in [-0.05, 0) is 30.7 Å². The molecule has 1 rings (SSSR count). The molecule has 0 spiro atoms. The van der Waals surface area contributed by atoms with E-state index >= 15 is 0 Å². The minimum absolute atomic E-state index is 0.00323. The van der Waals surface area contributed by atoms with Gasteiger partial charge in [0, 0.05) is 25.7 Å². The van der Waals surface area contributed by atoms with E-state index in [-0.39, 0.29) is 18.4 Å². The van der Waals surface area contributed by atoms with Crippen LogP contribution >= 0.6 is 0 Å². The maximum Gasteiger partial charge on any atom is 0.231 e. The van der Waals surface area contributed by atoms with Crippen LogP contribution in [0.1, 0.15) is 18.4 Å². The fourth-order valence-electron chi connectivity index (χ4n) is 1.90. The molecule has 20 heavy (non-hydrogen) atoms. The van der Waals surface area contributed by atoms with Crippen LogP contribution in [0.4, 0.5) is 5.69 Å². The van der Waals surface area contributed by atoms with Gasteiger partial charge in [0.15, 0.2) is 0 Å². The van der Waals surface area contributed by atoms with Crippen LogP contribution in [0.15, 0.2) is 24.3 Å². The van der Waals surface area contributed by atoms with Gasteiger partial charge in [-0.2, -0.15) is 0 Å². The van der Waals surface area contributed by atoms with Gasteiger partial charge in [0.2, 0.25) is 11.8 Å². The first-order valence-corrected chi connectivity index (χ1v) is 6.57. The van der Waals surface area contributed by atoms with Gasteiger partial charge in [-0.25, -0.2) is 0 Å². The number of carbonyl (C=O) groups excluding carboxylic acids is 2. The first kappa shape index (κ1) is 16.0. The predicted molar refractivity (Wildman–Crippen MR) is 78.6 cm³/mol. The highest BCUT2D eigenvalue weighted by Crippen LogP contribution is 2.09. The van der Waals surface area contributed by atoms with Crippen LogP contribution in [0.5, 0.6) is 0 Å². The molecule has 0 aliphatic rings. The Bertz CT molecular complexity index is 445. The summed E-state index contributed by atoms with van der Waals surface area (Å²) in [7, 11) is 1.61. The van der Waals surface area contributed by atoms with Crippen LogP contribution in [0.25, 0.3) is 0 Å². The van der Waals surface area contributed by atoms with Crippen molar-refractivity contribution in [3.8, 4) is 0 Å². The number of anilines is 1. The summed E-state index contributed by atoms with van der Waals surface area (Å²) in [4.78, 5) is 24.2. The Morgan fingerprint density at radius 2 is 1.90 bits per heavy atom. The normalized spacial score (nSPS) is 10.5. The second kappa shape index (κ2) is 8.16. The molecule has 0 unspecified atom stereocenters. The standard InChI is InChI=1S/C14H22N4O2/c1-17-14(20)3-2-8-18(10-13(16)19)9-11-4-6-12(15)7-5-11/h4-7H,2-3,8-10,15H2,1H3,(H2,16,19)(H,17,20). The van der Waals surface area contributed by atoms with E-state index in [2.05, 4.69) is 5.32 Å². The van der Waals surface area contributed by atoms with Crippen molar-refractivity contribution in [2.75, 3.05) is 25.9 Å². The molecule has 2 amide bonds. The van der Waals surface area contributed by atoms with Crippen molar-refractivity contribution in [3.05, 3.63) is 29.8 Å². The minimum Gasteiger partial charge on any atom is -0.399 e. The largest absolute Gasteiger partial charge is 0.399 e. The molecule has 6 heteroatoms. The van der Waals surface area contributed by atoms with E-state index < -0.39 is 0 Å². The smallest absolute Gasteiger partial charge is 0.231 e. The summed E-state index contributed by atoms with van der Waals surface area (Å²) in [5, 5.41) is 2.57. The lowest BCUT2D eigenvalue weighted by molar-refractivity contribution is -0.120. The summed E-state index contributed by atoms with van der Waals surface area (Å²) in [5.74, 6) is -0.378. The first-order chi connectivity index (χ1) is 9.51. The molecule has 5 N–H and O–H groups in total. The van der Waals surface area contributed by atoms with Crippen molar-refractivity contribution >= 4 is 17.5 Å². The molecular formula is C14H22N4O2. The number of hydrogen-bond donors (Lipinski definition) is 3. The molecule has 0 aliphatic heterocycles. The molecule has 6 nitrogen and oxygen atoms in total. The molecule has 0 aromatic heterocycles. The highest BCUT2D eigenvalue weighted by Gasteiger charge is 2.10. The molecule has 0 saturated carbocycles. The summed E-state index contributed by atoms with van der Waals surface area (Å²) in [5.41, 5.74) is 12.6. The third kappa shape index (κ3) is 6.19. The number of primary amides is 1. The number of nitrogens with two attached hydrogens (primary N) is 2. The molecule has 0 saturated heterocycles. The van der Waals surface area contributed by atoms with Crippen LogP contribution < -0.4 is 16.8 Å². The van der Waals surface area contributed by atoms with E-state index in [1.165, 1.54) is 0 Å². The molecule has 0 atom stereocenters. The zero-order valence-corrected chi connectivity index (χ0v) is 11.8. The van der Waals surface area contributed by atoms with Crippen LogP contribution in [0, 0.1) is 0 Å². The highest BCUT2D eigenvalue weighted by atomic mass is 16.2. The number of carbonyl (C=O) groups is 2. The Balaban J connectivity index is 2.52. The molecule has 0 bridgehead atoms. The van der Waals surface area contributed by atoms with Gasteiger partial charge in [-0.3, -0.25) is 14.5 Å². The lowest BCUT2D eigenvalue weighted by Crippen LogP contribution is -2.34. The Kier molecular flexibility index (Phi) is 6.52. The molecule has 1 aromatic carbocycles. The molecule has 0 heterocycles. The van der Waals surface area contributed by atoms with Gasteiger partial charge in [0.25, 0.3) is 0 Å². The molecular weight excluding hydrogens is 256 g/mol. The minimum atomic E-state index is -0.375. The summed E-state index contributed by atoms with van der Waals surface area (Å²) >= 11 is 0. The quantitative estimate of drug-likeness (QED) is 0.586. The lowest BCUT2D eigenvalue weighted by atomic mass is 10.2. The predicted octanol–water partition coefficient (Wildman–Crippen LogP) is 0.0823. The molecule has 0 fully saturated rings. The van der Waals surface area contributed by atoms with Gasteiger partial charge in [-0.1, -0.05) is 12.1 Å². The summed E-state index contributed by atoms with van der Waals surface area (Å²) in [6.07, 6.45) is 1.12. The summed E-state index contributed by atoms with van der Waals surface area (Å²) in [6.45, 7) is 1.43. The van der Waals surface area contributed by atoms with Gasteiger partial charge in [0.1, 0.15) is 0 Å². The van der Waals surface area contributed by atoms with Crippen molar-refractivity contribution in [3.63, 3.8) is 0 Å². The van der Waals surface area contributed by atoms with Gasteiger partial charge in [-0.15, -0.1) is 0 Å². The molecule has 110 valence electrons. The van der Waals surface area contributed by atoms with Crippen molar-refractivity contribution in [1.29, 1.82) is 0 Å². The summed E-state index contributed by atoms with van der Waals surface area (Å²) < 4.78 is 0. The fraction of sp³-hybridized carbons (Fsp3) is 0.429. The second-order valence-electron chi connectivity index (χ2n) is 4.70. The van der Waals surface area contributed by atoms with Crippen molar-refractivity contribution in [2.45, 2.75) is 19.4 Å². The number of amides is 2. The molecule has 1 aromatic rings. The monoisotopic (exact) mass is 278 g/mol. The van der Waals surface area contributed by atoms with E-state index in [9.17, 15) is 9.59 Å². The number of nitrogens with one attached hydrogen (secondary N) is 1. The lowest BCUT2D eigenvalue weighted by Gasteiger charge is -2.20. The van der Waals surface area contributed by atoms with E-state index in [0.29, 0.717) is 31.6 Å². The number of nitrogen functional groups attached to an aromatic ring is 1. The Morgan fingerprint density at radius 3 is 2.45 bits per heavy atom. The number of rotatable bonds is 8. The van der Waals surface area contributed by atoms with E-state index in [4.69, 9.17) is 11.5 Å². The van der Waals surface area contributed by atoms with Crippen molar-refractivity contribution in [2.24, 2.45) is 5.73 Å². The van der Waals surface area contributed by atoms with Crippen LogP contribution in [-0.4, -0.2) is 36.9 Å². The van der Waals surface area contributed by atoms with E-state index in [0.717, 1.165) is 5.56 Å². The van der Waals surface area contributed by atoms with Crippen molar-refractivity contribution < 1.29 is 9.59 Å². The zero-order valence-electron chi connectivity index (χ0n) is 11.8. The maximum absolute atomic E-state index is 11.2. The van der Waals surface area contributed by atoms with Gasteiger partial charge in [0.05, 0.1) is 6.54 Å². The van der Waals surface area contributed by atoms with Crippen LogP contribution in [-0.2, 0) is 16.1 Å². The maximum atomic E-state index is 11.2. The second-order valence-corrected chi connectivity index (χ2v) is 4.70. The zero-order chi connectivity index (χ0) is 15.0. The highest BCUT2D eigenvalue weighted by molar-refractivity contribution is 5.76. The third-order valence-electron chi connectivity index (χ3n) is 2.92. The van der Waals surface area contributed by atoms with E-state index in [1.54, 1.807) is 7.05 Å². The van der Waals surface area contributed by atoms with E-state index in [1.807, 2.05) is 29.2 Å². The van der Waals surface area contributed by atoms with Gasteiger partial charge >= 0.3 is 0 Å². The number of hydrogen-bond acceptors (Lipinski definition) is 4. The van der Waals surface area contributed by atoms with Crippen molar-refractivity contribution in [1.82, 2.24) is 10.2 Å². The molecule has 0 radical (unpaired) electrons.